The second-order valence-electron chi connectivity index (χ2n) is 3.06. The molecule has 0 aromatic rings. The van der Waals surface area contributed by atoms with Gasteiger partial charge in [0.05, 0.1) is 7.11 Å². The first kappa shape index (κ1) is 15.3. The molecule has 6 heteroatoms. The number of allylic oxidation sites excluding steroid dienone is 2. The number of likely N-dealkylation sites (N-methyl/N-ethyl adjacent to an activating group) is 1. The van der Waals surface area contributed by atoms with Gasteiger partial charge in [-0.15, -0.1) is 0 Å². The Morgan fingerprint density at radius 3 is 2.61 bits per heavy atom. The Bertz CT molecular complexity index is 481. The van der Waals surface area contributed by atoms with E-state index in [1.54, 1.807) is 13.1 Å². The van der Waals surface area contributed by atoms with Crippen molar-refractivity contribution in [1.82, 2.24) is 5.32 Å². The van der Waals surface area contributed by atoms with E-state index >= 15 is 0 Å². The summed E-state index contributed by atoms with van der Waals surface area (Å²) in [6, 6.07) is 1.76. The quantitative estimate of drug-likeness (QED) is 0.315. The van der Waals surface area contributed by atoms with Gasteiger partial charge in [-0.05, 0) is 6.08 Å². The van der Waals surface area contributed by atoms with Gasteiger partial charge in [-0.2, -0.15) is 5.26 Å². The van der Waals surface area contributed by atoms with E-state index in [1.165, 1.54) is 19.4 Å². The number of nitrogens with zero attached hydrogens (tertiary/aromatic N) is 2. The lowest BCUT2D eigenvalue weighted by atomic mass is 10.2. The predicted molar refractivity (Wildman–Crippen MR) is 69.3 cm³/mol. The Morgan fingerprint density at radius 1 is 1.56 bits per heavy atom. The molecular formula is C12H14N4O2. The van der Waals surface area contributed by atoms with Crippen LogP contribution in [0.15, 0.2) is 41.2 Å². The van der Waals surface area contributed by atoms with Gasteiger partial charge in [0, 0.05) is 24.5 Å². The van der Waals surface area contributed by atoms with Crippen LogP contribution < -0.4 is 5.32 Å². The van der Waals surface area contributed by atoms with Gasteiger partial charge in [0.25, 0.3) is 0 Å². The van der Waals surface area contributed by atoms with Gasteiger partial charge in [0.1, 0.15) is 17.5 Å². The van der Waals surface area contributed by atoms with Crippen molar-refractivity contribution < 1.29 is 9.53 Å². The maximum absolute atomic E-state index is 11.1. The van der Waals surface area contributed by atoms with Crippen LogP contribution in [0.3, 0.4) is 0 Å². The molecule has 0 fully saturated rings. The molecular weight excluding hydrogens is 232 g/mol. The molecule has 0 aliphatic carbocycles. The third kappa shape index (κ3) is 4.90. The van der Waals surface area contributed by atoms with E-state index in [9.17, 15) is 4.79 Å². The van der Waals surface area contributed by atoms with E-state index in [1.807, 2.05) is 0 Å². The van der Waals surface area contributed by atoms with Crippen LogP contribution in [0.4, 0.5) is 0 Å². The highest BCUT2D eigenvalue weighted by Crippen LogP contribution is 2.03. The molecule has 0 rings (SSSR count). The van der Waals surface area contributed by atoms with Gasteiger partial charge in [0.15, 0.2) is 0 Å². The van der Waals surface area contributed by atoms with E-state index in [0.29, 0.717) is 11.3 Å². The minimum atomic E-state index is -0.756. The molecule has 0 bridgehead atoms. The van der Waals surface area contributed by atoms with E-state index in [2.05, 4.69) is 28.2 Å². The number of rotatable bonds is 6. The van der Waals surface area contributed by atoms with E-state index in [-0.39, 0.29) is 11.4 Å². The molecule has 0 radical (unpaired) electrons. The zero-order valence-corrected chi connectivity index (χ0v) is 10.3. The van der Waals surface area contributed by atoms with Crippen molar-refractivity contribution >= 4 is 17.9 Å². The third-order valence-corrected chi connectivity index (χ3v) is 1.81. The van der Waals surface area contributed by atoms with Crippen molar-refractivity contribution in [3.05, 3.63) is 36.2 Å². The average Bonchev–Trinajstić information content (AvgIpc) is 2.40. The highest BCUT2D eigenvalue weighted by atomic mass is 16.5. The summed E-state index contributed by atoms with van der Waals surface area (Å²) in [6.07, 6.45) is 2.58. The molecule has 6 nitrogen and oxygen atoms in total. The fraction of sp³-hybridized carbons (Fsp3) is 0.167. The Labute approximate surface area is 105 Å². The van der Waals surface area contributed by atoms with Crippen molar-refractivity contribution in [2.24, 2.45) is 4.99 Å². The van der Waals surface area contributed by atoms with Gasteiger partial charge in [-0.25, -0.2) is 9.79 Å². The minimum absolute atomic E-state index is 0.0367. The van der Waals surface area contributed by atoms with Gasteiger partial charge < -0.3 is 10.1 Å². The molecule has 0 saturated carbocycles. The Morgan fingerprint density at radius 2 is 2.17 bits per heavy atom. The van der Waals surface area contributed by atoms with Gasteiger partial charge in [0.2, 0.25) is 0 Å². The molecule has 0 spiro atoms. The van der Waals surface area contributed by atoms with Crippen LogP contribution in [-0.4, -0.2) is 32.1 Å². The zero-order valence-electron chi connectivity index (χ0n) is 10.3. The predicted octanol–water partition coefficient (Wildman–Crippen LogP) is 0.947. The van der Waals surface area contributed by atoms with Gasteiger partial charge in [-0.1, -0.05) is 13.2 Å². The molecule has 0 heterocycles. The molecule has 0 atom stereocenters. The topological polar surface area (TPSA) is 98.3 Å². The molecule has 0 aliphatic rings. The van der Waals surface area contributed by atoms with Gasteiger partial charge in [-0.3, -0.25) is 5.41 Å². The van der Waals surface area contributed by atoms with Crippen LogP contribution in [0.1, 0.15) is 0 Å². The Kier molecular flexibility index (Phi) is 6.44. The largest absolute Gasteiger partial charge is 0.464 e. The minimum Gasteiger partial charge on any atom is -0.464 e. The van der Waals surface area contributed by atoms with Crippen LogP contribution in [0.5, 0.6) is 0 Å². The summed E-state index contributed by atoms with van der Waals surface area (Å²) in [7, 11) is 2.80. The number of esters is 1. The molecule has 0 aromatic carbocycles. The fourth-order valence-electron chi connectivity index (χ4n) is 0.893. The Hall–Kier alpha value is -2.68. The molecule has 94 valence electrons. The van der Waals surface area contributed by atoms with Crippen LogP contribution in [-0.2, 0) is 9.53 Å². The first-order valence-corrected chi connectivity index (χ1v) is 4.85. The maximum Gasteiger partial charge on any atom is 0.356 e. The lowest BCUT2D eigenvalue weighted by Gasteiger charge is -2.06. The normalized spacial score (nSPS) is 10.6. The number of nitrogens with one attached hydrogen (secondary N) is 2. The SMILES string of the molecule is C=C(C#N)/N=C/C(=C)/C(=C/C(=N)C(=O)OC)NC. The monoisotopic (exact) mass is 246 g/mol. The molecule has 0 amide bonds. The van der Waals surface area contributed by atoms with Crippen molar-refractivity contribution in [3.8, 4) is 6.07 Å². The number of aliphatic imine (C=N–C) groups is 1. The zero-order chi connectivity index (χ0) is 14.1. The van der Waals surface area contributed by atoms with Crippen molar-refractivity contribution in [3.63, 3.8) is 0 Å². The first-order valence-electron chi connectivity index (χ1n) is 4.85. The van der Waals surface area contributed by atoms with Crippen molar-refractivity contribution in [1.29, 1.82) is 10.7 Å². The highest BCUT2D eigenvalue weighted by Gasteiger charge is 2.08. The number of methoxy groups -OCH3 is 1. The molecule has 0 aromatic heterocycles. The second kappa shape index (κ2) is 7.57. The highest BCUT2D eigenvalue weighted by molar-refractivity contribution is 6.40. The van der Waals surface area contributed by atoms with E-state index in [0.717, 1.165) is 0 Å². The molecule has 2 N–H and O–H groups in total. The van der Waals surface area contributed by atoms with Crippen LogP contribution >= 0.6 is 0 Å². The summed E-state index contributed by atoms with van der Waals surface area (Å²) in [5.41, 5.74) is 0.535. The lowest BCUT2D eigenvalue weighted by Crippen LogP contribution is -2.17. The standard InChI is InChI=1S/C12H14N4O2/c1-8(7-16-9(2)6-13)11(15-3)5-10(14)12(17)18-4/h5,7,14-15H,1-2H2,3-4H3/b11-5-,14-10?,16-7+. The molecule has 18 heavy (non-hydrogen) atoms. The summed E-state index contributed by atoms with van der Waals surface area (Å²) < 4.78 is 4.40. The summed E-state index contributed by atoms with van der Waals surface area (Å²) >= 11 is 0. The molecule has 0 aliphatic heterocycles. The smallest absolute Gasteiger partial charge is 0.356 e. The van der Waals surface area contributed by atoms with Crippen molar-refractivity contribution in [2.75, 3.05) is 14.2 Å². The van der Waals surface area contributed by atoms with E-state index < -0.39 is 5.97 Å². The Balaban J connectivity index is 4.95. The summed E-state index contributed by atoms with van der Waals surface area (Å²) in [6.45, 7) is 7.07. The third-order valence-electron chi connectivity index (χ3n) is 1.81. The summed E-state index contributed by atoms with van der Waals surface area (Å²) in [5.74, 6) is -0.756. The average molecular weight is 246 g/mol. The fourth-order valence-corrected chi connectivity index (χ4v) is 0.893. The molecule has 0 unspecified atom stereocenters. The van der Waals surface area contributed by atoms with E-state index in [4.69, 9.17) is 10.7 Å². The summed E-state index contributed by atoms with van der Waals surface area (Å²) in [4.78, 5) is 14.8. The summed E-state index contributed by atoms with van der Waals surface area (Å²) in [5, 5.41) is 18.7. The second-order valence-corrected chi connectivity index (χ2v) is 3.06. The first-order chi connectivity index (χ1) is 8.46. The maximum atomic E-state index is 11.1. The number of hydrogen-bond donors (Lipinski definition) is 2. The van der Waals surface area contributed by atoms with Crippen LogP contribution in [0, 0.1) is 16.7 Å². The number of hydrogen-bond acceptors (Lipinski definition) is 6. The van der Waals surface area contributed by atoms with Gasteiger partial charge >= 0.3 is 5.97 Å². The number of carbonyl (C=O) groups is 1. The van der Waals surface area contributed by atoms with Crippen molar-refractivity contribution in [2.45, 2.75) is 0 Å². The number of carbonyl (C=O) groups excluding carboxylic acids is 1. The molecule has 0 saturated heterocycles. The van der Waals surface area contributed by atoms with Crippen LogP contribution in [0.25, 0.3) is 0 Å². The number of ether oxygens (including phenoxy) is 1. The van der Waals surface area contributed by atoms with Crippen LogP contribution in [0.2, 0.25) is 0 Å². The number of nitriles is 1. The lowest BCUT2D eigenvalue weighted by molar-refractivity contribution is -0.132.